The maximum absolute atomic E-state index is 11.1. The van der Waals surface area contributed by atoms with Gasteiger partial charge in [-0.05, 0) is 12.3 Å². The molecule has 0 aliphatic heterocycles. The molecule has 0 unspecified atom stereocenters. The van der Waals surface area contributed by atoms with Gasteiger partial charge in [0.1, 0.15) is 0 Å². The second-order valence-corrected chi connectivity index (χ2v) is 7.19. The van der Waals surface area contributed by atoms with Crippen molar-refractivity contribution in [1.82, 2.24) is 0 Å². The number of hydrogen-bond donors (Lipinski definition) is 0. The van der Waals surface area contributed by atoms with Gasteiger partial charge in [-0.3, -0.25) is 4.79 Å². The molecule has 0 saturated carbocycles. The number of ether oxygens (including phenoxy) is 1. The lowest BCUT2D eigenvalue weighted by atomic mass is 10.0. The first kappa shape index (κ1) is 22.2. The summed E-state index contributed by atoms with van der Waals surface area (Å²) >= 11 is 0. The third-order valence-corrected chi connectivity index (χ3v) is 4.38. The van der Waals surface area contributed by atoms with Crippen molar-refractivity contribution >= 4 is 5.97 Å². The second kappa shape index (κ2) is 17.6. The van der Waals surface area contributed by atoms with E-state index in [1.807, 2.05) is 0 Å². The van der Waals surface area contributed by atoms with Crippen molar-refractivity contribution in [2.24, 2.45) is 5.92 Å². The maximum atomic E-state index is 11.1. The topological polar surface area (TPSA) is 26.3 Å². The molecule has 0 fully saturated rings. The van der Waals surface area contributed by atoms with E-state index in [-0.39, 0.29) is 5.97 Å². The van der Waals surface area contributed by atoms with Crippen LogP contribution in [0.1, 0.15) is 110 Å². The molecule has 0 saturated heterocycles. The molecule has 2 heteroatoms. The first-order valence-electron chi connectivity index (χ1n) is 9.97. The van der Waals surface area contributed by atoms with E-state index in [0.717, 1.165) is 18.8 Å². The second-order valence-electron chi connectivity index (χ2n) is 7.19. The molecule has 0 amide bonds. The van der Waals surface area contributed by atoms with Crippen molar-refractivity contribution in [3.8, 4) is 0 Å². The summed E-state index contributed by atoms with van der Waals surface area (Å²) in [6.45, 7) is 8.01. The number of carbonyl (C=O) groups is 1. The molecular formula is C21H40O2. The molecule has 136 valence electrons. The van der Waals surface area contributed by atoms with Crippen LogP contribution >= 0.6 is 0 Å². The van der Waals surface area contributed by atoms with Gasteiger partial charge in [-0.2, -0.15) is 0 Å². The van der Waals surface area contributed by atoms with Crippen LogP contribution in [-0.4, -0.2) is 5.97 Å². The van der Waals surface area contributed by atoms with Gasteiger partial charge in [0, 0.05) is 6.42 Å². The zero-order chi connectivity index (χ0) is 17.2. The standard InChI is InChI=1S/C21H40O2/c1-4-23-21(22)19-17-15-13-11-9-7-5-6-8-10-12-14-16-18-20(2)3/h4,20H,1,5-19H2,2-3H3. The Hall–Kier alpha value is -0.790. The molecule has 23 heavy (non-hydrogen) atoms. The molecule has 0 spiro atoms. The lowest BCUT2D eigenvalue weighted by molar-refractivity contribution is -0.138. The molecule has 0 aliphatic carbocycles. The summed E-state index contributed by atoms with van der Waals surface area (Å²) in [6, 6.07) is 0. The molecule has 0 aromatic rings. The lowest BCUT2D eigenvalue weighted by Crippen LogP contribution is -1.98. The molecule has 0 heterocycles. The predicted molar refractivity (Wildman–Crippen MR) is 100 cm³/mol. The molecule has 0 atom stereocenters. The monoisotopic (exact) mass is 324 g/mol. The number of rotatable bonds is 17. The molecule has 2 nitrogen and oxygen atoms in total. The minimum Gasteiger partial charge on any atom is -0.435 e. The molecule has 0 bridgehead atoms. The zero-order valence-corrected chi connectivity index (χ0v) is 15.8. The van der Waals surface area contributed by atoms with E-state index in [4.69, 9.17) is 4.74 Å². The Morgan fingerprint density at radius 1 is 0.783 bits per heavy atom. The summed E-state index contributed by atoms with van der Waals surface area (Å²) in [7, 11) is 0. The SMILES string of the molecule is C=COC(=O)CCCCCCCCCCCCCCCC(C)C. The summed E-state index contributed by atoms with van der Waals surface area (Å²) in [5.41, 5.74) is 0. The van der Waals surface area contributed by atoms with E-state index in [2.05, 4.69) is 20.4 Å². The van der Waals surface area contributed by atoms with Crippen molar-refractivity contribution in [1.29, 1.82) is 0 Å². The third-order valence-electron chi connectivity index (χ3n) is 4.38. The third kappa shape index (κ3) is 19.2. The molecule has 0 radical (unpaired) electrons. The van der Waals surface area contributed by atoms with Gasteiger partial charge in [0.05, 0.1) is 6.26 Å². The summed E-state index contributed by atoms with van der Waals surface area (Å²) in [6.07, 6.45) is 20.5. The van der Waals surface area contributed by atoms with E-state index >= 15 is 0 Å². The summed E-state index contributed by atoms with van der Waals surface area (Å²) < 4.78 is 4.69. The van der Waals surface area contributed by atoms with Gasteiger partial charge in [0.2, 0.25) is 0 Å². The average molecular weight is 325 g/mol. The Bertz CT molecular complexity index is 271. The van der Waals surface area contributed by atoms with Crippen LogP contribution in [-0.2, 0) is 9.53 Å². The predicted octanol–water partition coefficient (Wildman–Crippen LogP) is 7.18. The molecule has 0 rings (SSSR count). The maximum Gasteiger partial charge on any atom is 0.310 e. The quantitative estimate of drug-likeness (QED) is 0.161. The summed E-state index contributed by atoms with van der Waals surface area (Å²) in [5.74, 6) is 0.722. The Kier molecular flexibility index (Phi) is 17.0. The largest absolute Gasteiger partial charge is 0.435 e. The number of esters is 1. The van der Waals surface area contributed by atoms with E-state index in [9.17, 15) is 4.79 Å². The Labute approximate surface area is 145 Å². The van der Waals surface area contributed by atoms with Crippen LogP contribution in [0.15, 0.2) is 12.8 Å². The highest BCUT2D eigenvalue weighted by molar-refractivity contribution is 5.69. The summed E-state index contributed by atoms with van der Waals surface area (Å²) in [5, 5.41) is 0. The molecule has 0 aromatic carbocycles. The summed E-state index contributed by atoms with van der Waals surface area (Å²) in [4.78, 5) is 11.1. The van der Waals surface area contributed by atoms with E-state index in [0.29, 0.717) is 6.42 Å². The number of unbranched alkanes of at least 4 members (excludes halogenated alkanes) is 12. The minimum absolute atomic E-state index is 0.149. The van der Waals surface area contributed by atoms with E-state index < -0.39 is 0 Å². The van der Waals surface area contributed by atoms with Crippen LogP contribution in [0.3, 0.4) is 0 Å². The normalized spacial score (nSPS) is 10.9. The van der Waals surface area contributed by atoms with Crippen LogP contribution in [0.25, 0.3) is 0 Å². The molecule has 0 aromatic heterocycles. The lowest BCUT2D eigenvalue weighted by Gasteiger charge is -2.05. The fraction of sp³-hybridized carbons (Fsp3) is 0.857. The first-order valence-corrected chi connectivity index (χ1v) is 9.97. The van der Waals surface area contributed by atoms with Crippen molar-refractivity contribution < 1.29 is 9.53 Å². The van der Waals surface area contributed by atoms with Gasteiger partial charge < -0.3 is 4.74 Å². The molecule has 0 aliphatic rings. The van der Waals surface area contributed by atoms with Crippen molar-refractivity contribution in [3.63, 3.8) is 0 Å². The van der Waals surface area contributed by atoms with Gasteiger partial charge >= 0.3 is 5.97 Å². The van der Waals surface area contributed by atoms with Crippen LogP contribution in [0.5, 0.6) is 0 Å². The highest BCUT2D eigenvalue weighted by atomic mass is 16.5. The van der Waals surface area contributed by atoms with Gasteiger partial charge in [0.15, 0.2) is 0 Å². The zero-order valence-electron chi connectivity index (χ0n) is 15.8. The fourth-order valence-electron chi connectivity index (χ4n) is 2.92. The minimum atomic E-state index is -0.149. The Morgan fingerprint density at radius 3 is 1.57 bits per heavy atom. The number of hydrogen-bond acceptors (Lipinski definition) is 2. The van der Waals surface area contributed by atoms with Crippen molar-refractivity contribution in [2.45, 2.75) is 110 Å². The van der Waals surface area contributed by atoms with Crippen molar-refractivity contribution in [3.05, 3.63) is 12.8 Å². The van der Waals surface area contributed by atoms with Crippen LogP contribution in [0, 0.1) is 5.92 Å². The van der Waals surface area contributed by atoms with Gasteiger partial charge in [-0.15, -0.1) is 0 Å². The van der Waals surface area contributed by atoms with Crippen LogP contribution in [0.4, 0.5) is 0 Å². The first-order chi connectivity index (χ1) is 11.2. The highest BCUT2D eigenvalue weighted by Crippen LogP contribution is 2.14. The van der Waals surface area contributed by atoms with Gasteiger partial charge in [0.25, 0.3) is 0 Å². The number of carbonyl (C=O) groups excluding carboxylic acids is 1. The Balaban J connectivity index is 3.05. The van der Waals surface area contributed by atoms with Crippen molar-refractivity contribution in [2.75, 3.05) is 0 Å². The van der Waals surface area contributed by atoms with Gasteiger partial charge in [-0.25, -0.2) is 0 Å². The van der Waals surface area contributed by atoms with Gasteiger partial charge in [-0.1, -0.05) is 104 Å². The molecular weight excluding hydrogens is 284 g/mol. The fourth-order valence-corrected chi connectivity index (χ4v) is 2.92. The average Bonchev–Trinajstić information content (AvgIpc) is 2.51. The van der Waals surface area contributed by atoms with Crippen LogP contribution in [0.2, 0.25) is 0 Å². The Morgan fingerprint density at radius 2 is 1.17 bits per heavy atom. The van der Waals surface area contributed by atoms with E-state index in [1.165, 1.54) is 83.3 Å². The van der Waals surface area contributed by atoms with E-state index in [1.54, 1.807) is 0 Å². The highest BCUT2D eigenvalue weighted by Gasteiger charge is 2.00. The molecule has 0 N–H and O–H groups in total. The van der Waals surface area contributed by atoms with Crippen LogP contribution < -0.4 is 0 Å². The smallest absolute Gasteiger partial charge is 0.310 e.